The van der Waals surface area contributed by atoms with E-state index in [2.05, 4.69) is 0 Å². The molecule has 15 heavy (non-hydrogen) atoms. The molecule has 0 aromatic heterocycles. The number of rotatable bonds is 3. The van der Waals surface area contributed by atoms with Gasteiger partial charge in [0.2, 0.25) is 0 Å². The third kappa shape index (κ3) is 1.30. The molecule has 2 rings (SSSR count). The maximum Gasteiger partial charge on any atom is 0.148 e. The molecule has 1 unspecified atom stereocenters. The second-order valence-corrected chi connectivity index (χ2v) is 4.65. The van der Waals surface area contributed by atoms with Crippen LogP contribution < -0.4 is 0 Å². The standard InChI is InChI=1S/C10H17BO4/c1-9(2)10(5-12-3)7(13-4)6(14-9)8(11)15-10/h6-8H,5H2,1-4H3/t6-,7?,8+,10-/m0/s1. The van der Waals surface area contributed by atoms with Crippen LogP contribution in [-0.4, -0.2) is 58.1 Å². The van der Waals surface area contributed by atoms with E-state index in [0.29, 0.717) is 6.61 Å². The predicted octanol–water partition coefficient (Wildman–Crippen LogP) is 0.0888. The SMILES string of the molecule is [B][C@@H]1O[C@@]2(COC)C(OC)[C@@H]1OC2(C)C. The van der Waals surface area contributed by atoms with Gasteiger partial charge in [-0.05, 0) is 13.8 Å². The lowest BCUT2D eigenvalue weighted by molar-refractivity contribution is -0.223. The molecule has 4 nitrogen and oxygen atoms in total. The summed E-state index contributed by atoms with van der Waals surface area (Å²) in [5, 5.41) is 0. The Morgan fingerprint density at radius 1 is 1.27 bits per heavy atom. The van der Waals surface area contributed by atoms with Gasteiger partial charge in [0.25, 0.3) is 0 Å². The Balaban J connectivity index is 2.35. The highest BCUT2D eigenvalue weighted by molar-refractivity contribution is 6.11. The fraction of sp³-hybridized carbons (Fsp3) is 1.00. The number of methoxy groups -OCH3 is 2. The van der Waals surface area contributed by atoms with Crippen molar-refractivity contribution in [1.29, 1.82) is 0 Å². The van der Waals surface area contributed by atoms with Crippen molar-refractivity contribution in [3.8, 4) is 0 Å². The lowest BCUT2D eigenvalue weighted by Crippen LogP contribution is -2.58. The zero-order valence-corrected chi connectivity index (χ0v) is 9.65. The summed E-state index contributed by atoms with van der Waals surface area (Å²) in [6.07, 6.45) is -0.373. The zero-order valence-electron chi connectivity index (χ0n) is 9.65. The Morgan fingerprint density at radius 2 is 1.93 bits per heavy atom. The number of ether oxygens (including phenoxy) is 4. The molecule has 0 N–H and O–H groups in total. The van der Waals surface area contributed by atoms with Crippen LogP contribution >= 0.6 is 0 Å². The second-order valence-electron chi connectivity index (χ2n) is 4.65. The summed E-state index contributed by atoms with van der Waals surface area (Å²) in [4.78, 5) is 0. The summed E-state index contributed by atoms with van der Waals surface area (Å²) in [5.74, 6) is 0. The molecule has 0 aromatic rings. The quantitative estimate of drug-likeness (QED) is 0.621. The van der Waals surface area contributed by atoms with Gasteiger partial charge in [-0.2, -0.15) is 0 Å². The first kappa shape index (κ1) is 11.4. The minimum Gasteiger partial charge on any atom is -0.381 e. The fourth-order valence-corrected chi connectivity index (χ4v) is 2.70. The lowest BCUT2D eigenvalue weighted by atomic mass is 9.84. The van der Waals surface area contributed by atoms with E-state index in [1.165, 1.54) is 0 Å². The Bertz CT molecular complexity index is 258. The lowest BCUT2D eigenvalue weighted by Gasteiger charge is -2.42. The van der Waals surface area contributed by atoms with Gasteiger partial charge in [0.1, 0.15) is 25.7 Å². The molecule has 5 heteroatoms. The monoisotopic (exact) mass is 212 g/mol. The smallest absolute Gasteiger partial charge is 0.148 e. The minimum atomic E-state index is -0.597. The summed E-state index contributed by atoms with van der Waals surface area (Å²) in [6.45, 7) is 4.37. The third-order valence-corrected chi connectivity index (χ3v) is 3.49. The maximum atomic E-state index is 5.86. The maximum absolute atomic E-state index is 5.86. The van der Waals surface area contributed by atoms with Crippen LogP contribution in [0.4, 0.5) is 0 Å². The van der Waals surface area contributed by atoms with Crippen molar-refractivity contribution < 1.29 is 18.9 Å². The molecule has 2 radical (unpaired) electrons. The number of hydrogen-bond donors (Lipinski definition) is 0. The van der Waals surface area contributed by atoms with Crippen molar-refractivity contribution in [2.75, 3.05) is 20.8 Å². The number of fused-ring (bicyclic) bond motifs is 2. The first-order valence-electron chi connectivity index (χ1n) is 5.11. The normalized spacial score (nSPS) is 47.3. The van der Waals surface area contributed by atoms with Crippen molar-refractivity contribution in [2.24, 2.45) is 0 Å². The van der Waals surface area contributed by atoms with Gasteiger partial charge in [-0.1, -0.05) is 0 Å². The van der Waals surface area contributed by atoms with Crippen LogP contribution in [0.25, 0.3) is 0 Å². The van der Waals surface area contributed by atoms with Crippen LogP contribution in [0.3, 0.4) is 0 Å². The van der Waals surface area contributed by atoms with Gasteiger partial charge in [0.15, 0.2) is 0 Å². The van der Waals surface area contributed by atoms with Crippen molar-refractivity contribution in [1.82, 2.24) is 0 Å². The van der Waals surface area contributed by atoms with Crippen LogP contribution in [0.5, 0.6) is 0 Å². The van der Waals surface area contributed by atoms with Gasteiger partial charge in [-0.25, -0.2) is 0 Å². The molecule has 0 saturated carbocycles. The summed E-state index contributed by atoms with van der Waals surface area (Å²) in [5.41, 5.74) is -1.04. The molecular formula is C10H17BO4. The molecule has 0 spiro atoms. The molecule has 2 fully saturated rings. The van der Waals surface area contributed by atoms with Crippen LogP contribution in [0.15, 0.2) is 0 Å². The number of hydrogen-bond acceptors (Lipinski definition) is 4. The van der Waals surface area contributed by atoms with E-state index in [1.807, 2.05) is 13.8 Å². The topological polar surface area (TPSA) is 36.9 Å². The summed E-state index contributed by atoms with van der Waals surface area (Å²) in [7, 11) is 9.12. The molecule has 2 bridgehead atoms. The third-order valence-electron chi connectivity index (χ3n) is 3.49. The van der Waals surface area contributed by atoms with Crippen LogP contribution in [-0.2, 0) is 18.9 Å². The first-order valence-corrected chi connectivity index (χ1v) is 5.11. The van der Waals surface area contributed by atoms with Crippen molar-refractivity contribution in [3.63, 3.8) is 0 Å². The average Bonchev–Trinajstić information content (AvgIpc) is 2.51. The highest BCUT2D eigenvalue weighted by Gasteiger charge is 2.69. The van der Waals surface area contributed by atoms with Crippen LogP contribution in [0, 0.1) is 0 Å². The van der Waals surface area contributed by atoms with E-state index in [0.717, 1.165) is 0 Å². The van der Waals surface area contributed by atoms with E-state index in [-0.39, 0.29) is 12.2 Å². The van der Waals surface area contributed by atoms with Gasteiger partial charge >= 0.3 is 0 Å². The Morgan fingerprint density at radius 3 is 2.47 bits per heavy atom. The van der Waals surface area contributed by atoms with Crippen molar-refractivity contribution in [2.45, 2.75) is 43.3 Å². The van der Waals surface area contributed by atoms with E-state index in [4.69, 9.17) is 26.8 Å². The van der Waals surface area contributed by atoms with E-state index in [1.54, 1.807) is 14.2 Å². The molecule has 0 amide bonds. The highest BCUT2D eigenvalue weighted by atomic mass is 16.7. The molecule has 4 atom stereocenters. The first-order chi connectivity index (χ1) is 6.98. The predicted molar refractivity (Wildman–Crippen MR) is 55.0 cm³/mol. The molecule has 0 aromatic carbocycles. The van der Waals surface area contributed by atoms with Gasteiger partial charge in [0, 0.05) is 20.2 Å². The Hall–Kier alpha value is -0.0951. The minimum absolute atomic E-state index is 0.164. The Kier molecular flexibility index (Phi) is 2.62. The molecule has 2 aliphatic rings. The van der Waals surface area contributed by atoms with E-state index < -0.39 is 17.2 Å². The van der Waals surface area contributed by atoms with Gasteiger partial charge in [0.05, 0.1) is 12.2 Å². The van der Waals surface area contributed by atoms with Crippen molar-refractivity contribution in [3.05, 3.63) is 0 Å². The molecule has 84 valence electrons. The fourth-order valence-electron chi connectivity index (χ4n) is 2.70. The summed E-state index contributed by atoms with van der Waals surface area (Å²) >= 11 is 0. The van der Waals surface area contributed by atoms with Gasteiger partial charge in [-0.15, -0.1) is 0 Å². The van der Waals surface area contributed by atoms with Crippen LogP contribution in [0.2, 0.25) is 0 Å². The van der Waals surface area contributed by atoms with Crippen LogP contribution in [0.1, 0.15) is 13.8 Å². The van der Waals surface area contributed by atoms with E-state index >= 15 is 0 Å². The molecule has 2 aliphatic heterocycles. The average molecular weight is 212 g/mol. The molecule has 2 saturated heterocycles. The summed E-state index contributed by atoms with van der Waals surface area (Å²) < 4.78 is 22.3. The van der Waals surface area contributed by atoms with Crippen molar-refractivity contribution >= 4 is 7.85 Å². The molecule has 0 aliphatic carbocycles. The van der Waals surface area contributed by atoms with Gasteiger partial charge in [-0.3, -0.25) is 0 Å². The molecule has 2 heterocycles. The van der Waals surface area contributed by atoms with Gasteiger partial charge < -0.3 is 18.9 Å². The second kappa shape index (κ2) is 3.45. The largest absolute Gasteiger partial charge is 0.381 e. The zero-order chi connectivity index (χ0) is 11.3. The Labute approximate surface area is 91.6 Å². The molecular weight excluding hydrogens is 195 g/mol. The summed E-state index contributed by atoms with van der Waals surface area (Å²) in [6, 6.07) is -0.432. The van der Waals surface area contributed by atoms with E-state index in [9.17, 15) is 0 Å². The highest BCUT2D eigenvalue weighted by Crippen LogP contribution is 2.50.